The summed E-state index contributed by atoms with van der Waals surface area (Å²) in [7, 11) is 0. The van der Waals surface area contributed by atoms with E-state index in [1.807, 2.05) is 70.3 Å². The molecule has 4 heterocycles. The summed E-state index contributed by atoms with van der Waals surface area (Å²) in [6, 6.07) is 25.4. The van der Waals surface area contributed by atoms with Crippen LogP contribution in [-0.2, 0) is 0 Å². The molecule has 6 nitrogen and oxygen atoms in total. The van der Waals surface area contributed by atoms with Crippen LogP contribution in [0.2, 0.25) is 0 Å². The zero-order valence-electron chi connectivity index (χ0n) is 22.0. The first-order chi connectivity index (χ1) is 20.3. The molecule has 0 saturated carbocycles. The van der Waals surface area contributed by atoms with Crippen molar-refractivity contribution in [1.82, 2.24) is 8.80 Å². The Labute approximate surface area is 243 Å². The van der Waals surface area contributed by atoms with E-state index >= 15 is 0 Å². The quantitative estimate of drug-likeness (QED) is 0.145. The Kier molecular flexibility index (Phi) is 4.36. The second-order valence-electron chi connectivity index (χ2n) is 11.0. The number of aryl methyl sites for hydroxylation is 1. The highest BCUT2D eigenvalue weighted by Crippen LogP contribution is 2.33. The van der Waals surface area contributed by atoms with Crippen molar-refractivity contribution in [3.63, 3.8) is 0 Å². The molecule has 0 unspecified atom stereocenters. The summed E-state index contributed by atoms with van der Waals surface area (Å²) < 4.78 is 4.56. The van der Waals surface area contributed by atoms with E-state index in [-0.39, 0.29) is 21.7 Å². The fraction of sp³-hybridized carbons (Fsp3) is 0.0286. The summed E-state index contributed by atoms with van der Waals surface area (Å²) in [6.45, 7) is 1.87. The van der Waals surface area contributed by atoms with E-state index in [9.17, 15) is 19.2 Å². The van der Waals surface area contributed by atoms with E-state index in [2.05, 4.69) is 15.9 Å². The molecule has 5 aromatic carbocycles. The molecule has 9 rings (SSSR count). The number of nitrogens with zero attached hydrogens (tertiary/aromatic N) is 2. The van der Waals surface area contributed by atoms with Crippen LogP contribution in [0.25, 0.3) is 76.2 Å². The van der Waals surface area contributed by atoms with Crippen molar-refractivity contribution in [3.05, 3.63) is 136 Å². The first-order valence-corrected chi connectivity index (χ1v) is 14.3. The highest BCUT2D eigenvalue weighted by Gasteiger charge is 2.22. The van der Waals surface area contributed by atoms with Crippen molar-refractivity contribution in [2.24, 2.45) is 0 Å². The maximum absolute atomic E-state index is 14.2. The summed E-state index contributed by atoms with van der Waals surface area (Å²) in [5, 5.41) is 3.57. The summed E-state index contributed by atoms with van der Waals surface area (Å²) in [5.41, 5.74) is 3.63. The molecule has 0 saturated heterocycles. The third kappa shape index (κ3) is 2.74. The van der Waals surface area contributed by atoms with Gasteiger partial charge in [-0.05, 0) is 73.2 Å². The van der Waals surface area contributed by atoms with Gasteiger partial charge in [-0.15, -0.1) is 0 Å². The average molecular weight is 609 g/mol. The van der Waals surface area contributed by atoms with Crippen LogP contribution in [0.3, 0.4) is 0 Å². The van der Waals surface area contributed by atoms with E-state index < -0.39 is 0 Å². The highest BCUT2D eigenvalue weighted by atomic mass is 79.9. The number of benzene rings is 5. The summed E-state index contributed by atoms with van der Waals surface area (Å²) >= 11 is 3.49. The van der Waals surface area contributed by atoms with Gasteiger partial charge in [-0.25, -0.2) is 0 Å². The van der Waals surface area contributed by atoms with Crippen molar-refractivity contribution in [2.75, 3.05) is 0 Å². The highest BCUT2D eigenvalue weighted by molar-refractivity contribution is 9.10. The van der Waals surface area contributed by atoms with Crippen LogP contribution in [0, 0.1) is 6.92 Å². The van der Waals surface area contributed by atoms with Crippen LogP contribution in [0.5, 0.6) is 0 Å². The molecule has 198 valence electrons. The van der Waals surface area contributed by atoms with Gasteiger partial charge >= 0.3 is 0 Å². The Morgan fingerprint density at radius 2 is 0.857 bits per heavy atom. The lowest BCUT2D eigenvalue weighted by Gasteiger charge is -2.18. The van der Waals surface area contributed by atoms with Crippen molar-refractivity contribution >= 4 is 92.1 Å². The van der Waals surface area contributed by atoms with Gasteiger partial charge in [0, 0.05) is 47.6 Å². The molecule has 0 aliphatic rings. The Balaban J connectivity index is 1.69. The lowest BCUT2D eigenvalue weighted by Crippen LogP contribution is -2.17. The predicted molar refractivity (Wildman–Crippen MR) is 173 cm³/mol. The van der Waals surface area contributed by atoms with Gasteiger partial charge in [-0.1, -0.05) is 40.2 Å². The molecule has 0 atom stereocenters. The monoisotopic (exact) mass is 608 g/mol. The smallest absolute Gasteiger partial charge is 0.197 e. The summed E-state index contributed by atoms with van der Waals surface area (Å²) in [6.07, 6.45) is 0. The molecule has 0 fully saturated rings. The molecule has 7 heteroatoms. The van der Waals surface area contributed by atoms with Gasteiger partial charge < -0.3 is 8.80 Å². The molecule has 42 heavy (non-hydrogen) atoms. The number of pyridine rings is 4. The number of aromatic nitrogens is 2. The molecule has 0 bridgehead atoms. The van der Waals surface area contributed by atoms with Gasteiger partial charge in [0.15, 0.2) is 21.7 Å². The fourth-order valence-electron chi connectivity index (χ4n) is 6.91. The molecule has 9 aromatic rings. The predicted octanol–water partition coefficient (Wildman–Crippen LogP) is 6.50. The third-order valence-electron chi connectivity index (χ3n) is 8.62. The van der Waals surface area contributed by atoms with Gasteiger partial charge in [0.05, 0.1) is 33.1 Å². The molecular formula is C35H17BrN2O4. The minimum atomic E-state index is -0.258. The second kappa shape index (κ2) is 7.78. The van der Waals surface area contributed by atoms with E-state index in [0.29, 0.717) is 80.7 Å². The van der Waals surface area contributed by atoms with Crippen LogP contribution in [0.4, 0.5) is 0 Å². The van der Waals surface area contributed by atoms with E-state index in [0.717, 1.165) is 5.56 Å². The summed E-state index contributed by atoms with van der Waals surface area (Å²) in [4.78, 5) is 55.6. The number of rotatable bonds is 0. The average Bonchev–Trinajstić information content (AvgIpc) is 3.00. The van der Waals surface area contributed by atoms with E-state index in [1.165, 1.54) is 0 Å². The molecular weight excluding hydrogens is 592 g/mol. The van der Waals surface area contributed by atoms with E-state index in [4.69, 9.17) is 0 Å². The lowest BCUT2D eigenvalue weighted by atomic mass is 9.98. The number of hydrogen-bond acceptors (Lipinski definition) is 4. The van der Waals surface area contributed by atoms with E-state index in [1.54, 1.807) is 30.3 Å². The van der Waals surface area contributed by atoms with Crippen molar-refractivity contribution < 1.29 is 0 Å². The van der Waals surface area contributed by atoms with Crippen molar-refractivity contribution in [2.45, 2.75) is 6.92 Å². The molecule has 0 aliphatic carbocycles. The van der Waals surface area contributed by atoms with Crippen LogP contribution in [0.15, 0.2) is 109 Å². The largest absolute Gasteiger partial charge is 0.307 e. The minimum Gasteiger partial charge on any atom is -0.307 e. The van der Waals surface area contributed by atoms with Gasteiger partial charge in [-0.3, -0.25) is 19.2 Å². The topological polar surface area (TPSA) is 77.1 Å². The van der Waals surface area contributed by atoms with Gasteiger partial charge in [0.2, 0.25) is 0 Å². The van der Waals surface area contributed by atoms with Crippen molar-refractivity contribution in [1.29, 1.82) is 0 Å². The van der Waals surface area contributed by atoms with Crippen LogP contribution < -0.4 is 21.7 Å². The van der Waals surface area contributed by atoms with Crippen LogP contribution >= 0.6 is 15.9 Å². The molecule has 0 aliphatic heterocycles. The van der Waals surface area contributed by atoms with Gasteiger partial charge in [0.25, 0.3) is 0 Å². The Bertz CT molecular complexity index is 2760. The number of halogens is 1. The summed E-state index contributed by atoms with van der Waals surface area (Å²) in [5.74, 6) is 0. The van der Waals surface area contributed by atoms with Crippen LogP contribution in [0.1, 0.15) is 5.56 Å². The zero-order valence-corrected chi connectivity index (χ0v) is 23.6. The molecule has 0 radical (unpaired) electrons. The second-order valence-corrected chi connectivity index (χ2v) is 11.9. The maximum Gasteiger partial charge on any atom is 0.197 e. The Morgan fingerprint density at radius 3 is 1.33 bits per heavy atom. The van der Waals surface area contributed by atoms with Gasteiger partial charge in [0.1, 0.15) is 0 Å². The minimum absolute atomic E-state index is 0.126. The van der Waals surface area contributed by atoms with Crippen LogP contribution in [-0.4, -0.2) is 8.80 Å². The lowest BCUT2D eigenvalue weighted by molar-refractivity contribution is 1.28. The number of fused-ring (bicyclic) bond motifs is 8. The third-order valence-corrected chi connectivity index (χ3v) is 9.08. The SMILES string of the molecule is Cc1cc2c(=O)c3ccccc3n3c4cc5c(cc4c(=O)c(c1)c23)c(=O)c1cc(Br)cc2c(=O)c3ccccc3n5c21. The molecule has 0 spiro atoms. The molecule has 0 N–H and O–H groups in total. The first kappa shape index (κ1) is 23.6. The normalized spacial score (nSPS) is 12.4. The Hall–Kier alpha value is -5.14. The maximum atomic E-state index is 14.2. The Morgan fingerprint density at radius 1 is 0.452 bits per heavy atom. The standard InChI is InChI=1S/C35H17BrN2O4/c1-16-10-22-30-23(11-16)34(41)20-14-21-29(15-28(20)37(30)26-8-4-2-6-18(26)32(22)39)38-27-9-5-3-7-19(27)33(40)24-12-17(36)13-25(31(24)38)35(21)42/h2-15H,1H3. The molecule has 4 aromatic heterocycles. The number of para-hydroxylation sites is 2. The fourth-order valence-corrected chi connectivity index (χ4v) is 7.36. The van der Waals surface area contributed by atoms with Gasteiger partial charge in [-0.2, -0.15) is 0 Å². The number of hydrogen-bond donors (Lipinski definition) is 0. The zero-order chi connectivity index (χ0) is 28.6. The van der Waals surface area contributed by atoms with Crippen molar-refractivity contribution in [3.8, 4) is 0 Å². The molecule has 0 amide bonds. The first-order valence-electron chi connectivity index (χ1n) is 13.5.